The first-order valence-electron chi connectivity index (χ1n) is 11.3. The van der Waals surface area contributed by atoms with Gasteiger partial charge in [0.2, 0.25) is 0 Å². The van der Waals surface area contributed by atoms with Crippen molar-refractivity contribution in [1.82, 2.24) is 15.1 Å². The van der Waals surface area contributed by atoms with E-state index in [2.05, 4.69) is 31.0 Å². The van der Waals surface area contributed by atoms with Gasteiger partial charge in [0.05, 0.1) is 20.9 Å². The number of hydrogen-bond acceptors (Lipinski definition) is 5. The van der Waals surface area contributed by atoms with E-state index in [1.54, 1.807) is 14.2 Å². The molecule has 3 aliphatic rings. The third-order valence-corrected chi connectivity index (χ3v) is 7.11. The zero-order chi connectivity index (χ0) is 22.4. The highest BCUT2D eigenvalue weighted by Gasteiger charge is 2.56. The van der Waals surface area contributed by atoms with Crippen molar-refractivity contribution in [3.05, 3.63) is 23.8 Å². The van der Waals surface area contributed by atoms with Gasteiger partial charge in [0.1, 0.15) is 17.0 Å². The molecule has 3 amide bonds. The Balaban J connectivity index is 1.56. The number of likely N-dealkylation sites (tertiary alicyclic amines) is 1. The standard InChI is InChI=1S/C24H35N3O4/c1-16-12-23(2,3)14-24(13-16)21(28)27(22(29)25-24)15-26-10-6-7-19(26)18-11-17(30-4)8-9-20(18)31-5/h8-9,11,16,19H,6-7,10,12-15H2,1-5H3,(H,25,29)/t16-,19-,24+/m1/s1. The average molecular weight is 430 g/mol. The zero-order valence-corrected chi connectivity index (χ0v) is 19.4. The Hall–Kier alpha value is -2.28. The highest BCUT2D eigenvalue weighted by molar-refractivity contribution is 6.07. The van der Waals surface area contributed by atoms with Gasteiger partial charge in [-0.15, -0.1) is 0 Å². The van der Waals surface area contributed by atoms with E-state index >= 15 is 0 Å². The Bertz CT molecular complexity index is 870. The van der Waals surface area contributed by atoms with Crippen LogP contribution in [0.15, 0.2) is 18.2 Å². The van der Waals surface area contributed by atoms with E-state index in [4.69, 9.17) is 9.47 Å². The third kappa shape index (κ3) is 4.00. The van der Waals surface area contributed by atoms with Crippen molar-refractivity contribution in [1.29, 1.82) is 0 Å². The number of methoxy groups -OCH3 is 2. The molecule has 2 heterocycles. The summed E-state index contributed by atoms with van der Waals surface area (Å²) in [6.45, 7) is 7.69. The Kier molecular flexibility index (Phi) is 5.66. The molecule has 31 heavy (non-hydrogen) atoms. The van der Waals surface area contributed by atoms with Gasteiger partial charge < -0.3 is 14.8 Å². The molecule has 3 atom stereocenters. The van der Waals surface area contributed by atoms with Crippen LogP contribution in [-0.4, -0.2) is 54.7 Å². The number of hydrogen-bond donors (Lipinski definition) is 1. The average Bonchev–Trinajstić information content (AvgIpc) is 3.24. The predicted octanol–water partition coefficient (Wildman–Crippen LogP) is 3.94. The van der Waals surface area contributed by atoms with E-state index in [0.29, 0.717) is 25.4 Å². The maximum atomic E-state index is 13.6. The van der Waals surface area contributed by atoms with Crippen molar-refractivity contribution in [2.75, 3.05) is 27.4 Å². The number of rotatable bonds is 5. The number of carbonyl (C=O) groups is 2. The van der Waals surface area contributed by atoms with E-state index < -0.39 is 5.54 Å². The molecule has 7 heteroatoms. The summed E-state index contributed by atoms with van der Waals surface area (Å²) in [5.74, 6) is 1.90. The van der Waals surface area contributed by atoms with Crippen molar-refractivity contribution >= 4 is 11.9 Å². The summed E-state index contributed by atoms with van der Waals surface area (Å²) >= 11 is 0. The van der Waals surface area contributed by atoms with Crippen molar-refractivity contribution in [3.8, 4) is 11.5 Å². The maximum absolute atomic E-state index is 13.6. The predicted molar refractivity (Wildman–Crippen MR) is 118 cm³/mol. The lowest BCUT2D eigenvalue weighted by Crippen LogP contribution is -2.54. The molecule has 2 saturated heterocycles. The number of imide groups is 1. The second-order valence-corrected chi connectivity index (χ2v) is 10.3. The van der Waals surface area contributed by atoms with Gasteiger partial charge in [-0.25, -0.2) is 9.69 Å². The van der Waals surface area contributed by atoms with Gasteiger partial charge in [0.25, 0.3) is 5.91 Å². The van der Waals surface area contributed by atoms with Gasteiger partial charge in [-0.1, -0.05) is 20.8 Å². The minimum Gasteiger partial charge on any atom is -0.497 e. The van der Waals surface area contributed by atoms with Gasteiger partial charge in [0, 0.05) is 18.2 Å². The first-order valence-corrected chi connectivity index (χ1v) is 11.3. The van der Waals surface area contributed by atoms with Gasteiger partial charge in [-0.05, 0) is 61.6 Å². The van der Waals surface area contributed by atoms with Crippen LogP contribution in [0.2, 0.25) is 0 Å². The highest BCUT2D eigenvalue weighted by atomic mass is 16.5. The topological polar surface area (TPSA) is 71.1 Å². The summed E-state index contributed by atoms with van der Waals surface area (Å²) in [5, 5.41) is 3.09. The normalized spacial score (nSPS) is 30.7. The first kappa shape index (κ1) is 21.9. The highest BCUT2D eigenvalue weighted by Crippen LogP contribution is 2.47. The first-order chi connectivity index (χ1) is 14.7. The van der Waals surface area contributed by atoms with E-state index in [9.17, 15) is 9.59 Å². The molecule has 1 saturated carbocycles. The van der Waals surface area contributed by atoms with Crippen molar-refractivity contribution < 1.29 is 19.1 Å². The van der Waals surface area contributed by atoms with E-state index in [0.717, 1.165) is 42.9 Å². The van der Waals surface area contributed by atoms with Crippen LogP contribution in [0.3, 0.4) is 0 Å². The van der Waals surface area contributed by atoms with E-state index in [1.807, 2.05) is 18.2 Å². The summed E-state index contributed by atoms with van der Waals surface area (Å²) in [4.78, 5) is 30.1. The van der Waals surface area contributed by atoms with Gasteiger partial charge in [-0.2, -0.15) is 0 Å². The zero-order valence-electron chi connectivity index (χ0n) is 19.4. The number of urea groups is 1. The molecule has 4 rings (SSSR count). The fourth-order valence-electron chi connectivity index (χ4n) is 6.26. The minimum absolute atomic E-state index is 0.0285. The second kappa shape index (κ2) is 8.01. The molecule has 1 aliphatic carbocycles. The lowest BCUT2D eigenvalue weighted by molar-refractivity contribution is -0.136. The maximum Gasteiger partial charge on any atom is 0.326 e. The third-order valence-electron chi connectivity index (χ3n) is 7.11. The van der Waals surface area contributed by atoms with Crippen LogP contribution < -0.4 is 14.8 Å². The van der Waals surface area contributed by atoms with Gasteiger partial charge >= 0.3 is 6.03 Å². The monoisotopic (exact) mass is 429 g/mol. The molecule has 1 aromatic carbocycles. The van der Waals surface area contributed by atoms with E-state index in [1.165, 1.54) is 4.90 Å². The Morgan fingerprint density at radius 1 is 1.16 bits per heavy atom. The molecule has 1 N–H and O–H groups in total. The van der Waals surface area contributed by atoms with Crippen LogP contribution in [0.4, 0.5) is 4.79 Å². The van der Waals surface area contributed by atoms with Gasteiger partial charge in [0.15, 0.2) is 0 Å². The SMILES string of the molecule is COc1ccc(OC)c([C@H]2CCCN2CN2C(=O)N[C@]3(C[C@H](C)CC(C)(C)C3)C2=O)c1. The molecule has 3 fully saturated rings. The number of benzene rings is 1. The number of nitrogens with zero attached hydrogens (tertiary/aromatic N) is 2. The summed E-state index contributed by atoms with van der Waals surface area (Å²) in [6.07, 6.45) is 4.43. The van der Waals surface area contributed by atoms with Crippen LogP contribution in [-0.2, 0) is 4.79 Å². The Morgan fingerprint density at radius 2 is 1.94 bits per heavy atom. The number of nitrogens with one attached hydrogen (secondary N) is 1. The van der Waals surface area contributed by atoms with Crippen LogP contribution in [0, 0.1) is 11.3 Å². The molecule has 2 aliphatic heterocycles. The number of amides is 3. The minimum atomic E-state index is -0.763. The molecule has 0 unspecified atom stereocenters. The molecular formula is C24H35N3O4. The number of ether oxygens (including phenoxy) is 2. The van der Waals surface area contributed by atoms with Crippen molar-refractivity contribution in [3.63, 3.8) is 0 Å². The molecule has 0 radical (unpaired) electrons. The summed E-state index contributed by atoms with van der Waals surface area (Å²) in [7, 11) is 3.31. The Morgan fingerprint density at radius 3 is 2.61 bits per heavy atom. The molecule has 1 spiro atoms. The summed E-state index contributed by atoms with van der Waals surface area (Å²) in [5.41, 5.74) is 0.301. The largest absolute Gasteiger partial charge is 0.497 e. The number of carbonyl (C=O) groups excluding carboxylic acids is 2. The smallest absolute Gasteiger partial charge is 0.326 e. The lowest BCUT2D eigenvalue weighted by Gasteiger charge is -2.44. The second-order valence-electron chi connectivity index (χ2n) is 10.3. The van der Waals surface area contributed by atoms with Crippen molar-refractivity contribution in [2.45, 2.75) is 64.5 Å². The van der Waals surface area contributed by atoms with Gasteiger partial charge in [-0.3, -0.25) is 9.69 Å². The summed E-state index contributed by atoms with van der Waals surface area (Å²) in [6, 6.07) is 5.61. The molecule has 7 nitrogen and oxygen atoms in total. The fraction of sp³-hybridized carbons (Fsp3) is 0.667. The van der Waals surface area contributed by atoms with Crippen molar-refractivity contribution in [2.24, 2.45) is 11.3 Å². The van der Waals surface area contributed by atoms with Crippen LogP contribution in [0.5, 0.6) is 11.5 Å². The lowest BCUT2D eigenvalue weighted by atomic mass is 9.64. The molecule has 1 aromatic rings. The summed E-state index contributed by atoms with van der Waals surface area (Å²) < 4.78 is 11.0. The molecule has 0 aromatic heterocycles. The fourth-order valence-corrected chi connectivity index (χ4v) is 6.26. The van der Waals surface area contributed by atoms with Crippen LogP contribution >= 0.6 is 0 Å². The van der Waals surface area contributed by atoms with E-state index in [-0.39, 0.29) is 23.4 Å². The quantitative estimate of drug-likeness (QED) is 0.718. The Labute approximate surface area is 185 Å². The molecule has 170 valence electrons. The molecular weight excluding hydrogens is 394 g/mol. The van der Waals surface area contributed by atoms with Crippen LogP contribution in [0.25, 0.3) is 0 Å². The molecule has 0 bridgehead atoms. The van der Waals surface area contributed by atoms with Crippen LogP contribution in [0.1, 0.15) is 64.5 Å².